The molecular weight excluding hydrogens is 569 g/mol. The van der Waals surface area contributed by atoms with Gasteiger partial charge in [0.05, 0.1) is 17.3 Å². The number of aromatic nitrogens is 2. The zero-order valence-electron chi connectivity index (χ0n) is 21.1. The fourth-order valence-electron chi connectivity index (χ4n) is 5.30. The Bertz CT molecular complexity index is 1750. The highest BCUT2D eigenvalue weighted by atomic mass is 35.5. The molecule has 2 aliphatic heterocycles. The van der Waals surface area contributed by atoms with E-state index in [-0.39, 0.29) is 16.3 Å². The first kappa shape index (κ1) is 26.8. The average Bonchev–Trinajstić information content (AvgIpc) is 3.55. The van der Waals surface area contributed by atoms with E-state index in [1.807, 2.05) is 0 Å². The molecule has 3 amide bonds. The quantitative estimate of drug-likeness (QED) is 0.230. The van der Waals surface area contributed by atoms with Gasteiger partial charge < -0.3 is 15.6 Å². The molecule has 3 heterocycles. The Labute approximate surface area is 234 Å². The lowest BCUT2D eigenvalue weighted by atomic mass is 9.89. The van der Waals surface area contributed by atoms with Crippen LogP contribution < -0.4 is 15.5 Å². The summed E-state index contributed by atoms with van der Waals surface area (Å²) in [6, 6.07) is 5.23. The van der Waals surface area contributed by atoms with Crippen molar-refractivity contribution in [1.82, 2.24) is 15.3 Å². The zero-order chi connectivity index (χ0) is 29.2. The van der Waals surface area contributed by atoms with Gasteiger partial charge in [0.2, 0.25) is 0 Å². The SMILES string of the molecule is Cc1cnc(-c2cc(NC(=O)c3cc(F)cc(C(F)(F)F)c3)c3c4c2CCN4C(=O)NC3c2cc(F)ccc2Cl)[nH]1. The predicted octanol–water partition coefficient (Wildman–Crippen LogP) is 6.76. The minimum absolute atomic E-state index is 0.0906. The summed E-state index contributed by atoms with van der Waals surface area (Å²) in [6.45, 7) is 2.08. The van der Waals surface area contributed by atoms with Crippen molar-refractivity contribution in [3.05, 3.63) is 98.8 Å². The molecule has 1 unspecified atom stereocenters. The van der Waals surface area contributed by atoms with Crippen LogP contribution in [0.15, 0.2) is 48.7 Å². The van der Waals surface area contributed by atoms with Crippen LogP contribution in [0.5, 0.6) is 0 Å². The Kier molecular flexibility index (Phi) is 6.25. The standard InChI is InChI=1S/C28H19ClF5N5O2/c1-12-11-35-25(36-12)18-10-21(37-26(40)13-6-14(28(32,33)34)8-16(31)7-13)22-23(19-9-15(30)2-3-20(19)29)38-27(41)39-5-4-17(18)24(22)39/h2-3,6-11,23H,4-5H2,1H3,(H,35,36)(H,37,40)(H,38,41). The molecule has 7 nitrogen and oxygen atoms in total. The molecule has 210 valence electrons. The van der Waals surface area contributed by atoms with Crippen molar-refractivity contribution in [2.24, 2.45) is 0 Å². The molecule has 4 aromatic rings. The van der Waals surface area contributed by atoms with Gasteiger partial charge in [-0.1, -0.05) is 11.6 Å². The van der Waals surface area contributed by atoms with E-state index in [0.717, 1.165) is 23.4 Å². The van der Waals surface area contributed by atoms with Crippen LogP contribution in [0.4, 0.5) is 38.1 Å². The third-order valence-electron chi connectivity index (χ3n) is 7.06. The molecular formula is C28H19ClF5N5O2. The van der Waals surface area contributed by atoms with Crippen molar-refractivity contribution in [3.8, 4) is 11.4 Å². The third-order valence-corrected chi connectivity index (χ3v) is 7.41. The van der Waals surface area contributed by atoms with Gasteiger partial charge in [0.1, 0.15) is 17.5 Å². The number of H-pyrrole nitrogens is 1. The lowest BCUT2D eigenvalue weighted by molar-refractivity contribution is -0.137. The summed E-state index contributed by atoms with van der Waals surface area (Å²) in [5.74, 6) is -2.45. The third kappa shape index (κ3) is 4.67. The van der Waals surface area contributed by atoms with Gasteiger partial charge in [0.25, 0.3) is 5.91 Å². The molecule has 1 aromatic heterocycles. The Hall–Kier alpha value is -4.45. The lowest BCUT2D eigenvalue weighted by Crippen LogP contribution is -2.46. The van der Waals surface area contributed by atoms with E-state index < -0.39 is 46.9 Å². The molecule has 0 aliphatic carbocycles. The Balaban J connectivity index is 1.56. The number of hydrogen-bond donors (Lipinski definition) is 3. The molecule has 0 radical (unpaired) electrons. The number of halogens is 6. The minimum atomic E-state index is -4.88. The molecule has 0 bridgehead atoms. The number of nitrogens with zero attached hydrogens (tertiary/aromatic N) is 2. The fourth-order valence-corrected chi connectivity index (χ4v) is 5.53. The van der Waals surface area contributed by atoms with E-state index >= 15 is 0 Å². The Morgan fingerprint density at radius 2 is 1.90 bits per heavy atom. The molecule has 0 saturated carbocycles. The summed E-state index contributed by atoms with van der Waals surface area (Å²) in [5.41, 5.74) is 1.20. The van der Waals surface area contributed by atoms with Gasteiger partial charge in [-0.2, -0.15) is 13.2 Å². The number of carbonyl (C=O) groups is 2. The molecule has 3 aromatic carbocycles. The smallest absolute Gasteiger partial charge is 0.342 e. The largest absolute Gasteiger partial charge is 0.416 e. The number of carbonyl (C=O) groups excluding carboxylic acids is 2. The van der Waals surface area contributed by atoms with Crippen molar-refractivity contribution in [2.75, 3.05) is 16.8 Å². The highest BCUT2D eigenvalue weighted by Gasteiger charge is 2.41. The second-order valence-corrected chi connectivity index (χ2v) is 10.2. The van der Waals surface area contributed by atoms with Crippen molar-refractivity contribution >= 4 is 34.9 Å². The molecule has 0 fully saturated rings. The predicted molar refractivity (Wildman–Crippen MR) is 141 cm³/mol. The summed E-state index contributed by atoms with van der Waals surface area (Å²) >= 11 is 6.41. The number of alkyl halides is 3. The van der Waals surface area contributed by atoms with Crippen LogP contribution in [-0.4, -0.2) is 28.5 Å². The van der Waals surface area contributed by atoms with Gasteiger partial charge in [-0.05, 0) is 61.4 Å². The normalized spacial score (nSPS) is 16.0. The number of imidazole rings is 1. The Morgan fingerprint density at radius 1 is 1.12 bits per heavy atom. The number of hydrogen-bond acceptors (Lipinski definition) is 3. The summed E-state index contributed by atoms with van der Waals surface area (Å²) < 4.78 is 68.5. The van der Waals surface area contributed by atoms with E-state index in [0.29, 0.717) is 53.8 Å². The number of benzene rings is 3. The monoisotopic (exact) mass is 587 g/mol. The summed E-state index contributed by atoms with van der Waals surface area (Å²) in [5, 5.41) is 5.54. The number of rotatable bonds is 4. The number of nitrogens with one attached hydrogen (secondary N) is 3. The van der Waals surface area contributed by atoms with Crippen molar-refractivity contribution in [2.45, 2.75) is 25.6 Å². The van der Waals surface area contributed by atoms with Gasteiger partial charge in [-0.15, -0.1) is 0 Å². The van der Waals surface area contributed by atoms with E-state index in [1.54, 1.807) is 19.2 Å². The number of aryl methyl sites for hydroxylation is 1. The van der Waals surface area contributed by atoms with E-state index in [9.17, 15) is 31.5 Å². The second kappa shape index (κ2) is 9.58. The summed E-state index contributed by atoms with van der Waals surface area (Å²) in [6.07, 6.45) is -2.85. The van der Waals surface area contributed by atoms with Crippen molar-refractivity contribution in [1.29, 1.82) is 0 Å². The molecule has 2 aliphatic rings. The fraction of sp³-hybridized carbons (Fsp3) is 0.179. The van der Waals surface area contributed by atoms with Crippen LogP contribution in [0, 0.1) is 18.6 Å². The average molecular weight is 588 g/mol. The van der Waals surface area contributed by atoms with E-state index in [1.165, 1.54) is 11.0 Å². The van der Waals surface area contributed by atoms with Gasteiger partial charge >= 0.3 is 12.2 Å². The first-order valence-corrected chi connectivity index (χ1v) is 12.7. The van der Waals surface area contributed by atoms with E-state index in [4.69, 9.17) is 11.6 Å². The molecule has 13 heteroatoms. The van der Waals surface area contributed by atoms with E-state index in [2.05, 4.69) is 20.6 Å². The maximum Gasteiger partial charge on any atom is 0.416 e. The molecule has 0 saturated heterocycles. The van der Waals surface area contributed by atoms with Crippen LogP contribution in [0.2, 0.25) is 5.02 Å². The lowest BCUT2D eigenvalue weighted by Gasteiger charge is -2.35. The van der Waals surface area contributed by atoms with Gasteiger partial charge in [-0.25, -0.2) is 18.6 Å². The van der Waals surface area contributed by atoms with Crippen molar-refractivity contribution in [3.63, 3.8) is 0 Å². The van der Waals surface area contributed by atoms with Crippen LogP contribution >= 0.6 is 11.6 Å². The second-order valence-electron chi connectivity index (χ2n) is 9.76. The summed E-state index contributed by atoms with van der Waals surface area (Å²) in [7, 11) is 0. The van der Waals surface area contributed by atoms with Crippen molar-refractivity contribution < 1.29 is 31.5 Å². The number of anilines is 2. The number of amides is 3. The molecule has 6 rings (SSSR count). The van der Waals surface area contributed by atoms with Gasteiger partial charge in [0.15, 0.2) is 0 Å². The molecule has 1 atom stereocenters. The van der Waals surface area contributed by atoms with Crippen LogP contribution in [0.1, 0.15) is 44.3 Å². The van der Waals surface area contributed by atoms with Gasteiger partial charge in [-0.3, -0.25) is 9.69 Å². The summed E-state index contributed by atoms with van der Waals surface area (Å²) in [4.78, 5) is 35.5. The highest BCUT2D eigenvalue weighted by molar-refractivity contribution is 6.31. The van der Waals surface area contributed by atoms with Crippen LogP contribution in [-0.2, 0) is 12.6 Å². The van der Waals surface area contributed by atoms with Crippen LogP contribution in [0.3, 0.4) is 0 Å². The first-order chi connectivity index (χ1) is 19.4. The number of urea groups is 1. The molecule has 3 N–H and O–H groups in total. The molecule has 41 heavy (non-hydrogen) atoms. The maximum absolute atomic E-state index is 14.3. The topological polar surface area (TPSA) is 90.1 Å². The maximum atomic E-state index is 14.3. The number of aromatic amines is 1. The highest BCUT2D eigenvalue weighted by Crippen LogP contribution is 2.49. The molecule has 0 spiro atoms. The first-order valence-electron chi connectivity index (χ1n) is 12.3. The zero-order valence-corrected chi connectivity index (χ0v) is 21.8. The van der Waals surface area contributed by atoms with Crippen LogP contribution in [0.25, 0.3) is 11.4 Å². The minimum Gasteiger partial charge on any atom is -0.342 e. The Morgan fingerprint density at radius 3 is 2.61 bits per heavy atom. The van der Waals surface area contributed by atoms with Gasteiger partial charge in [0, 0.05) is 51.4 Å².